The van der Waals surface area contributed by atoms with Gasteiger partial charge >= 0.3 is 0 Å². The Bertz CT molecular complexity index is 648. The lowest BCUT2D eigenvalue weighted by Gasteiger charge is -2.12. The van der Waals surface area contributed by atoms with Gasteiger partial charge in [-0.25, -0.2) is 4.98 Å². The van der Waals surface area contributed by atoms with Gasteiger partial charge in [0.25, 0.3) is 5.91 Å². The van der Waals surface area contributed by atoms with Crippen molar-refractivity contribution in [2.45, 2.75) is 45.3 Å². The average Bonchev–Trinajstić information content (AvgIpc) is 3.17. The molecule has 1 aliphatic rings. The highest BCUT2D eigenvalue weighted by atomic mass is 32.1. The number of hydrogen-bond donors (Lipinski definition) is 1. The smallest absolute Gasteiger partial charge is 0.251 e. The molecule has 1 saturated carbocycles. The van der Waals surface area contributed by atoms with E-state index in [1.165, 1.54) is 12.8 Å². The van der Waals surface area contributed by atoms with E-state index in [1.807, 2.05) is 30.5 Å². The van der Waals surface area contributed by atoms with Crippen molar-refractivity contribution in [3.63, 3.8) is 0 Å². The molecule has 116 valence electrons. The minimum absolute atomic E-state index is 0.0122. The number of ether oxygens (including phenoxy) is 1. The summed E-state index contributed by atoms with van der Waals surface area (Å²) in [5.41, 5.74) is 1.57. The van der Waals surface area contributed by atoms with Crippen molar-refractivity contribution in [1.29, 1.82) is 0 Å². The van der Waals surface area contributed by atoms with Gasteiger partial charge in [0, 0.05) is 17.0 Å². The van der Waals surface area contributed by atoms with E-state index in [2.05, 4.69) is 10.3 Å². The van der Waals surface area contributed by atoms with Crippen molar-refractivity contribution in [2.24, 2.45) is 0 Å². The van der Waals surface area contributed by atoms with Gasteiger partial charge in [0.2, 0.25) is 0 Å². The number of aryl methyl sites for hydroxylation is 1. The fourth-order valence-electron chi connectivity index (χ4n) is 2.70. The molecule has 0 saturated heterocycles. The van der Waals surface area contributed by atoms with E-state index >= 15 is 0 Å². The molecule has 0 spiro atoms. The number of amides is 1. The normalized spacial score (nSPS) is 15.0. The molecule has 1 aromatic carbocycles. The molecule has 1 N–H and O–H groups in total. The van der Waals surface area contributed by atoms with Gasteiger partial charge in [0.1, 0.15) is 12.4 Å². The van der Waals surface area contributed by atoms with Crippen LogP contribution < -0.4 is 10.1 Å². The predicted molar refractivity (Wildman–Crippen MR) is 87.3 cm³/mol. The van der Waals surface area contributed by atoms with Crippen molar-refractivity contribution in [2.75, 3.05) is 0 Å². The van der Waals surface area contributed by atoms with E-state index in [0.29, 0.717) is 24.0 Å². The van der Waals surface area contributed by atoms with Crippen LogP contribution in [0, 0.1) is 6.92 Å². The van der Waals surface area contributed by atoms with Crippen LogP contribution in [0.2, 0.25) is 0 Å². The van der Waals surface area contributed by atoms with Crippen LogP contribution in [0.15, 0.2) is 29.6 Å². The first-order valence-electron chi connectivity index (χ1n) is 7.65. The molecule has 1 fully saturated rings. The second kappa shape index (κ2) is 6.92. The summed E-state index contributed by atoms with van der Waals surface area (Å²) in [6.07, 6.45) is 4.60. The quantitative estimate of drug-likeness (QED) is 0.915. The number of carbonyl (C=O) groups is 1. The van der Waals surface area contributed by atoms with E-state index in [0.717, 1.165) is 23.5 Å². The Morgan fingerprint density at radius 3 is 2.95 bits per heavy atom. The third kappa shape index (κ3) is 3.85. The lowest BCUT2D eigenvalue weighted by atomic mass is 10.1. The third-order valence-electron chi connectivity index (χ3n) is 3.84. The van der Waals surface area contributed by atoms with Gasteiger partial charge in [0.05, 0.1) is 10.7 Å². The van der Waals surface area contributed by atoms with Gasteiger partial charge in [-0.3, -0.25) is 4.79 Å². The van der Waals surface area contributed by atoms with Crippen LogP contribution >= 0.6 is 11.3 Å². The number of rotatable bonds is 5. The fourth-order valence-corrected chi connectivity index (χ4v) is 3.30. The third-order valence-corrected chi connectivity index (χ3v) is 4.66. The molecule has 0 bridgehead atoms. The molecule has 0 unspecified atom stereocenters. The summed E-state index contributed by atoms with van der Waals surface area (Å²) in [6.45, 7) is 2.40. The highest BCUT2D eigenvalue weighted by Gasteiger charge is 2.18. The summed E-state index contributed by atoms with van der Waals surface area (Å²) in [6, 6.07) is 7.67. The average molecular weight is 316 g/mol. The Hall–Kier alpha value is -1.88. The number of thiazole rings is 1. The van der Waals surface area contributed by atoms with Crippen LogP contribution in [-0.4, -0.2) is 16.9 Å². The first-order valence-corrected chi connectivity index (χ1v) is 8.53. The van der Waals surface area contributed by atoms with E-state index in [-0.39, 0.29) is 5.91 Å². The highest BCUT2D eigenvalue weighted by Crippen LogP contribution is 2.20. The standard InChI is InChI=1S/C17H20N2O2S/c1-12-18-15(11-22-12)10-21-16-8-4-5-13(9-16)17(20)19-14-6-2-3-7-14/h4-5,8-9,11,14H,2-3,6-7,10H2,1H3,(H,19,20). The molecule has 1 aromatic heterocycles. The molecule has 22 heavy (non-hydrogen) atoms. The largest absolute Gasteiger partial charge is 0.487 e. The van der Waals surface area contributed by atoms with E-state index in [1.54, 1.807) is 17.4 Å². The van der Waals surface area contributed by atoms with E-state index in [4.69, 9.17) is 4.74 Å². The van der Waals surface area contributed by atoms with Crippen molar-refractivity contribution in [3.8, 4) is 5.75 Å². The van der Waals surface area contributed by atoms with Gasteiger partial charge < -0.3 is 10.1 Å². The number of carbonyl (C=O) groups excluding carboxylic acids is 1. The maximum atomic E-state index is 12.3. The molecular formula is C17H20N2O2S. The second-order valence-electron chi connectivity index (χ2n) is 5.63. The Labute approximate surface area is 134 Å². The fraction of sp³-hybridized carbons (Fsp3) is 0.412. The summed E-state index contributed by atoms with van der Waals surface area (Å²) in [5.74, 6) is 0.687. The van der Waals surface area contributed by atoms with Gasteiger partial charge in [-0.1, -0.05) is 18.9 Å². The van der Waals surface area contributed by atoms with Crippen LogP contribution in [0.1, 0.15) is 46.7 Å². The SMILES string of the molecule is Cc1nc(COc2cccc(C(=O)NC3CCCC3)c2)cs1. The second-order valence-corrected chi connectivity index (χ2v) is 6.69. The van der Waals surface area contributed by atoms with Crippen LogP contribution in [0.5, 0.6) is 5.75 Å². The summed E-state index contributed by atoms with van der Waals surface area (Å²) in [4.78, 5) is 16.6. The van der Waals surface area contributed by atoms with Gasteiger partial charge in [0.15, 0.2) is 0 Å². The van der Waals surface area contributed by atoms with Crippen LogP contribution in [-0.2, 0) is 6.61 Å². The Kier molecular flexibility index (Phi) is 4.73. The molecular weight excluding hydrogens is 296 g/mol. The maximum absolute atomic E-state index is 12.3. The van der Waals surface area contributed by atoms with Crippen LogP contribution in [0.3, 0.4) is 0 Å². The van der Waals surface area contributed by atoms with Crippen LogP contribution in [0.25, 0.3) is 0 Å². The van der Waals surface area contributed by atoms with E-state index in [9.17, 15) is 4.79 Å². The minimum atomic E-state index is -0.0122. The van der Waals surface area contributed by atoms with Crippen molar-refractivity contribution < 1.29 is 9.53 Å². The zero-order chi connectivity index (χ0) is 15.4. The summed E-state index contributed by atoms with van der Waals surface area (Å²) in [7, 11) is 0. The zero-order valence-corrected chi connectivity index (χ0v) is 13.5. The van der Waals surface area contributed by atoms with Crippen molar-refractivity contribution >= 4 is 17.2 Å². The zero-order valence-electron chi connectivity index (χ0n) is 12.7. The molecule has 0 aliphatic heterocycles. The number of nitrogens with one attached hydrogen (secondary N) is 1. The Morgan fingerprint density at radius 1 is 1.41 bits per heavy atom. The highest BCUT2D eigenvalue weighted by molar-refractivity contribution is 7.09. The number of aromatic nitrogens is 1. The molecule has 3 rings (SSSR count). The van der Waals surface area contributed by atoms with Crippen molar-refractivity contribution in [3.05, 3.63) is 45.9 Å². The summed E-state index contributed by atoms with van der Waals surface area (Å²) in [5, 5.41) is 6.12. The lowest BCUT2D eigenvalue weighted by molar-refractivity contribution is 0.0937. The van der Waals surface area contributed by atoms with Gasteiger partial charge in [-0.15, -0.1) is 11.3 Å². The maximum Gasteiger partial charge on any atom is 0.251 e. The van der Waals surface area contributed by atoms with Gasteiger partial charge in [-0.2, -0.15) is 0 Å². The van der Waals surface area contributed by atoms with Crippen molar-refractivity contribution in [1.82, 2.24) is 10.3 Å². The first-order chi connectivity index (χ1) is 10.7. The lowest BCUT2D eigenvalue weighted by Crippen LogP contribution is -2.32. The molecule has 1 aliphatic carbocycles. The first kappa shape index (κ1) is 15.0. The summed E-state index contributed by atoms with van der Waals surface area (Å²) >= 11 is 1.61. The molecule has 0 radical (unpaired) electrons. The van der Waals surface area contributed by atoms with Crippen LogP contribution in [0.4, 0.5) is 0 Å². The number of nitrogens with zero attached hydrogens (tertiary/aromatic N) is 1. The summed E-state index contributed by atoms with van der Waals surface area (Å²) < 4.78 is 5.73. The Balaban J connectivity index is 1.60. The van der Waals surface area contributed by atoms with Gasteiger partial charge in [-0.05, 0) is 38.0 Å². The molecule has 4 nitrogen and oxygen atoms in total. The molecule has 1 heterocycles. The Morgan fingerprint density at radius 2 is 2.23 bits per heavy atom. The topological polar surface area (TPSA) is 51.2 Å². The molecule has 1 amide bonds. The monoisotopic (exact) mass is 316 g/mol. The predicted octanol–water partition coefficient (Wildman–Crippen LogP) is 3.70. The number of hydrogen-bond acceptors (Lipinski definition) is 4. The molecule has 0 atom stereocenters. The number of benzene rings is 1. The minimum Gasteiger partial charge on any atom is -0.487 e. The molecule has 2 aromatic rings. The van der Waals surface area contributed by atoms with E-state index < -0.39 is 0 Å². The molecule has 5 heteroatoms.